The number of hydrogen-bond donors (Lipinski definition) is 3. The number of phenols is 1. The first-order chi connectivity index (χ1) is 15.7. The van der Waals surface area contributed by atoms with Crippen LogP contribution in [-0.4, -0.2) is 31.9 Å². The fourth-order valence-corrected chi connectivity index (χ4v) is 5.35. The van der Waals surface area contributed by atoms with Crippen LogP contribution in [0.25, 0.3) is 0 Å². The van der Waals surface area contributed by atoms with Crippen LogP contribution in [0.5, 0.6) is 5.75 Å². The fourth-order valence-electron chi connectivity index (χ4n) is 3.87. The van der Waals surface area contributed by atoms with Crippen LogP contribution in [0.4, 0.5) is 17.1 Å². The minimum absolute atomic E-state index is 0.131. The van der Waals surface area contributed by atoms with Crippen molar-refractivity contribution in [2.45, 2.75) is 37.6 Å². The molecule has 0 fully saturated rings. The third kappa shape index (κ3) is 3.71. The first kappa shape index (κ1) is 22.0. The van der Waals surface area contributed by atoms with Crippen LogP contribution < -0.4 is 21.5 Å². The minimum atomic E-state index is -4.11. The van der Waals surface area contributed by atoms with Crippen molar-refractivity contribution in [3.05, 3.63) is 61.3 Å². The van der Waals surface area contributed by atoms with Crippen molar-refractivity contribution in [3.8, 4) is 5.75 Å². The second kappa shape index (κ2) is 7.89. The van der Waals surface area contributed by atoms with Crippen molar-refractivity contribution in [3.63, 3.8) is 0 Å². The van der Waals surface area contributed by atoms with Crippen molar-refractivity contribution in [1.82, 2.24) is 4.31 Å². The quantitative estimate of drug-likeness (QED) is 0.351. The van der Waals surface area contributed by atoms with Crippen LogP contribution >= 0.6 is 11.6 Å². The second-order valence-electron chi connectivity index (χ2n) is 8.73. The van der Waals surface area contributed by atoms with E-state index in [0.717, 1.165) is 4.31 Å². The van der Waals surface area contributed by atoms with Gasteiger partial charge in [0.05, 0.1) is 24.4 Å². The summed E-state index contributed by atoms with van der Waals surface area (Å²) < 4.78 is 40.8. The van der Waals surface area contributed by atoms with E-state index in [2.05, 4.69) is 10.6 Å². The summed E-state index contributed by atoms with van der Waals surface area (Å²) in [7, 11) is -1.54. The molecule has 11 heteroatoms. The van der Waals surface area contributed by atoms with Gasteiger partial charge in [-0.15, -0.1) is 0 Å². The van der Waals surface area contributed by atoms with E-state index in [-0.39, 0.29) is 22.1 Å². The molecule has 3 N–H and O–H groups in total. The molecular weight excluding hydrogens is 470 g/mol. The van der Waals surface area contributed by atoms with Gasteiger partial charge in [0.1, 0.15) is 22.0 Å². The smallest absolute Gasteiger partial charge is 0.253 e. The standard InChI is InChI=1S/C22H24ClN3O6S/c1-22(2)9-7-14-11(8-10-32-14)21(22)25-16-15(18(28)19(16)29)24-13-6-5-12(23)20(17(13)27)33(30,31)26(3)4/h5-6,8,10,21,24-25,27H,7,9H2,1-4H3/i21D. The van der Waals surface area contributed by atoms with Gasteiger partial charge in [-0.2, -0.15) is 0 Å². The molecule has 2 aromatic carbocycles. The maximum absolute atomic E-state index is 12.6. The summed E-state index contributed by atoms with van der Waals surface area (Å²) in [5, 5.41) is 16.1. The van der Waals surface area contributed by atoms with E-state index in [1.807, 2.05) is 13.8 Å². The van der Waals surface area contributed by atoms with Gasteiger partial charge in [-0.05, 0) is 30.0 Å². The number of phenolic OH excluding ortho intramolecular Hbond substituents is 1. The lowest BCUT2D eigenvalue weighted by Gasteiger charge is -2.39. The molecule has 0 saturated carbocycles. The predicted molar refractivity (Wildman–Crippen MR) is 126 cm³/mol. The van der Waals surface area contributed by atoms with E-state index in [1.54, 1.807) is 6.07 Å². The monoisotopic (exact) mass is 494 g/mol. The van der Waals surface area contributed by atoms with Crippen LogP contribution in [0.15, 0.2) is 43.4 Å². The Morgan fingerprint density at radius 1 is 1.21 bits per heavy atom. The third-order valence-corrected chi connectivity index (χ3v) is 8.23. The average Bonchev–Trinajstić information content (AvgIpc) is 3.24. The number of aromatic hydroxyl groups is 1. The summed E-state index contributed by atoms with van der Waals surface area (Å²) in [5.74, 6) is -0.0696. The average molecular weight is 495 g/mol. The van der Waals surface area contributed by atoms with E-state index >= 15 is 0 Å². The van der Waals surface area contributed by atoms with Crippen molar-refractivity contribution in [1.29, 1.82) is 0 Å². The highest BCUT2D eigenvalue weighted by atomic mass is 35.5. The van der Waals surface area contributed by atoms with E-state index in [1.165, 1.54) is 32.5 Å². The Bertz CT molecular complexity index is 1470. The molecule has 0 radical (unpaired) electrons. The Kier molecular flexibility index (Phi) is 5.26. The number of aryl methyl sites for hydroxylation is 1. The van der Waals surface area contributed by atoms with Gasteiger partial charge in [0.15, 0.2) is 5.75 Å². The number of halogens is 1. The van der Waals surface area contributed by atoms with Gasteiger partial charge in [-0.1, -0.05) is 25.4 Å². The zero-order valence-corrected chi connectivity index (χ0v) is 20.0. The molecule has 9 nitrogen and oxygen atoms in total. The molecular formula is C22H24ClN3O6S. The van der Waals surface area contributed by atoms with Gasteiger partial charge in [-0.3, -0.25) is 9.59 Å². The first-order valence-electron chi connectivity index (χ1n) is 10.6. The van der Waals surface area contributed by atoms with E-state index < -0.39 is 43.0 Å². The lowest BCUT2D eigenvalue weighted by Crippen LogP contribution is -2.41. The number of rotatable bonds is 6. The minimum Gasteiger partial charge on any atom is -0.504 e. The number of anilines is 3. The topological polar surface area (TPSA) is 129 Å². The highest BCUT2D eigenvalue weighted by Gasteiger charge is 2.39. The molecule has 0 bridgehead atoms. The van der Waals surface area contributed by atoms with E-state index in [4.69, 9.17) is 16.0 Å². The Morgan fingerprint density at radius 3 is 2.55 bits per heavy atom. The zero-order valence-electron chi connectivity index (χ0n) is 19.4. The fraction of sp³-hybridized carbons (Fsp3) is 0.364. The summed E-state index contributed by atoms with van der Waals surface area (Å²) in [6, 6.07) is 2.74. The Morgan fingerprint density at radius 2 is 1.88 bits per heavy atom. The summed E-state index contributed by atoms with van der Waals surface area (Å²) in [6.07, 6.45) is 2.72. The molecule has 1 heterocycles. The van der Waals surface area contributed by atoms with Gasteiger partial charge in [-0.25, -0.2) is 12.7 Å². The van der Waals surface area contributed by atoms with Crippen molar-refractivity contribution < 1.29 is 19.3 Å². The first-order valence-corrected chi connectivity index (χ1v) is 11.9. The summed E-state index contributed by atoms with van der Waals surface area (Å²) in [5.41, 5.74) is -2.20. The molecule has 1 aromatic heterocycles. The highest BCUT2D eigenvalue weighted by molar-refractivity contribution is 7.89. The number of fused-ring (bicyclic) bond motifs is 1. The normalized spacial score (nSPS) is 20.5. The predicted octanol–water partition coefficient (Wildman–Crippen LogP) is 3.35. The number of benzene rings is 1. The molecule has 4 rings (SSSR count). The Hall–Kier alpha value is -2.82. The lowest BCUT2D eigenvalue weighted by atomic mass is 9.72. The van der Waals surface area contributed by atoms with Gasteiger partial charge >= 0.3 is 0 Å². The molecule has 1 unspecified atom stereocenters. The SMILES string of the molecule is [2H]C1(Nc2c(Nc3ccc(Cl)c(S(=O)(=O)N(C)C)c3O)c(=O)c2=O)c2ccoc2CCC1(C)C. The number of hydrogen-bond acceptors (Lipinski definition) is 8. The second-order valence-corrected chi connectivity index (χ2v) is 11.2. The molecule has 1 atom stereocenters. The van der Waals surface area contributed by atoms with Crippen molar-refractivity contribution in [2.24, 2.45) is 5.41 Å². The molecule has 0 spiro atoms. The van der Waals surface area contributed by atoms with E-state index in [9.17, 15) is 24.5 Å². The number of furan rings is 1. The van der Waals surface area contributed by atoms with Gasteiger partial charge < -0.3 is 20.2 Å². The van der Waals surface area contributed by atoms with E-state index in [0.29, 0.717) is 24.2 Å². The molecule has 176 valence electrons. The van der Waals surface area contributed by atoms with Gasteiger partial charge in [0, 0.05) is 26.1 Å². The van der Waals surface area contributed by atoms with Crippen LogP contribution in [0.3, 0.4) is 0 Å². The molecule has 0 amide bonds. The summed E-state index contributed by atoms with van der Waals surface area (Å²) in [4.78, 5) is 24.4. The number of sulfonamides is 1. The summed E-state index contributed by atoms with van der Waals surface area (Å²) in [6.45, 7) is 3.76. The maximum atomic E-state index is 12.6. The molecule has 1 aliphatic rings. The number of nitrogens with one attached hydrogen (secondary N) is 2. The Labute approximate surface area is 197 Å². The van der Waals surface area contributed by atoms with Crippen molar-refractivity contribution in [2.75, 3.05) is 24.7 Å². The maximum Gasteiger partial charge on any atom is 0.253 e. The molecule has 1 aliphatic carbocycles. The van der Waals surface area contributed by atoms with Gasteiger partial charge in [0.2, 0.25) is 10.0 Å². The van der Waals surface area contributed by atoms with Crippen molar-refractivity contribution >= 4 is 38.7 Å². The molecule has 3 aromatic rings. The molecule has 0 aliphatic heterocycles. The summed E-state index contributed by atoms with van der Waals surface area (Å²) >= 11 is 6.04. The zero-order chi connectivity index (χ0) is 25.2. The van der Waals surface area contributed by atoms with Crippen LogP contribution in [0.1, 0.15) is 39.0 Å². The van der Waals surface area contributed by atoms with Crippen LogP contribution in [0, 0.1) is 5.41 Å². The van der Waals surface area contributed by atoms with Crippen LogP contribution in [0.2, 0.25) is 5.02 Å². The lowest BCUT2D eigenvalue weighted by molar-refractivity contribution is 0.250. The van der Waals surface area contributed by atoms with Crippen LogP contribution in [-0.2, 0) is 16.4 Å². The Balaban J connectivity index is 1.76. The number of nitrogens with zero attached hydrogens (tertiary/aromatic N) is 1. The largest absolute Gasteiger partial charge is 0.504 e. The third-order valence-electron chi connectivity index (χ3n) is 5.91. The van der Waals surface area contributed by atoms with Gasteiger partial charge in [0.25, 0.3) is 10.9 Å². The molecule has 0 saturated heterocycles. The molecule has 33 heavy (non-hydrogen) atoms. The highest BCUT2D eigenvalue weighted by Crippen LogP contribution is 2.46.